The van der Waals surface area contributed by atoms with Gasteiger partial charge in [-0.3, -0.25) is 10.4 Å². The van der Waals surface area contributed by atoms with E-state index in [1.165, 1.54) is 4.88 Å². The van der Waals surface area contributed by atoms with Crippen molar-refractivity contribution in [3.05, 3.63) is 28.7 Å². The van der Waals surface area contributed by atoms with Gasteiger partial charge in [-0.1, -0.05) is 6.07 Å². The van der Waals surface area contributed by atoms with Gasteiger partial charge in [0.1, 0.15) is 12.0 Å². The van der Waals surface area contributed by atoms with Crippen LogP contribution in [0.2, 0.25) is 0 Å². The lowest BCUT2D eigenvalue weighted by molar-refractivity contribution is 0.0907. The van der Waals surface area contributed by atoms with Crippen LogP contribution in [0.1, 0.15) is 17.7 Å². The fourth-order valence-electron chi connectivity index (χ4n) is 3.48. The van der Waals surface area contributed by atoms with Crippen molar-refractivity contribution < 1.29 is 10.2 Å². The molecule has 134 valence electrons. The van der Waals surface area contributed by atoms with Crippen molar-refractivity contribution in [2.75, 3.05) is 28.9 Å². The van der Waals surface area contributed by atoms with E-state index in [1.807, 2.05) is 5.01 Å². The largest absolute Gasteiger partial charge is 0.396 e. The summed E-state index contributed by atoms with van der Waals surface area (Å²) in [6, 6.07) is 4.26. The molecule has 1 saturated carbocycles. The first-order valence-electron chi connectivity index (χ1n) is 8.47. The highest BCUT2D eigenvalue weighted by Gasteiger charge is 2.39. The van der Waals surface area contributed by atoms with Crippen LogP contribution in [0.15, 0.2) is 23.8 Å². The standard InChI is InChI=1S/C16H22N6O2S/c23-8-10-6-11(7-13(10)24)22-16-14(20-21-22)15(18-9-19-16)17-4-3-12-2-1-5-25-12/h1-2,5,9-11,13,20-21,23-24H,3-4,6-8H2,(H,17,18,19). The van der Waals surface area contributed by atoms with Gasteiger partial charge in [0.25, 0.3) is 0 Å². The summed E-state index contributed by atoms with van der Waals surface area (Å²) < 4.78 is 0. The van der Waals surface area contributed by atoms with Gasteiger partial charge in [0, 0.05) is 23.9 Å². The number of hydrazine groups is 2. The molecule has 25 heavy (non-hydrogen) atoms. The lowest BCUT2D eigenvalue weighted by Crippen LogP contribution is -2.43. The van der Waals surface area contributed by atoms with Gasteiger partial charge in [-0.25, -0.2) is 9.97 Å². The lowest BCUT2D eigenvalue weighted by atomic mass is 10.1. The zero-order valence-corrected chi connectivity index (χ0v) is 14.5. The lowest BCUT2D eigenvalue weighted by Gasteiger charge is -2.24. The van der Waals surface area contributed by atoms with Gasteiger partial charge in [0.05, 0.1) is 12.1 Å². The fraction of sp³-hybridized carbons (Fsp3) is 0.500. The summed E-state index contributed by atoms with van der Waals surface area (Å²) in [5.74, 6) is 1.44. The Labute approximate surface area is 149 Å². The van der Waals surface area contributed by atoms with Gasteiger partial charge < -0.3 is 15.5 Å². The minimum Gasteiger partial charge on any atom is -0.396 e. The van der Waals surface area contributed by atoms with Crippen LogP contribution < -0.4 is 21.3 Å². The molecule has 2 aromatic heterocycles. The monoisotopic (exact) mass is 362 g/mol. The van der Waals surface area contributed by atoms with E-state index in [1.54, 1.807) is 17.7 Å². The number of hydrogen-bond acceptors (Lipinski definition) is 9. The number of aromatic nitrogens is 2. The number of rotatable bonds is 6. The third-order valence-electron chi connectivity index (χ3n) is 4.83. The molecule has 0 bridgehead atoms. The molecule has 1 aliphatic heterocycles. The minimum atomic E-state index is -0.480. The highest BCUT2D eigenvalue weighted by atomic mass is 32.1. The van der Waals surface area contributed by atoms with Gasteiger partial charge in [-0.05, 0) is 30.7 Å². The molecule has 9 heteroatoms. The average Bonchev–Trinajstić information content (AvgIpc) is 3.34. The number of hydrogen-bond donors (Lipinski definition) is 5. The summed E-state index contributed by atoms with van der Waals surface area (Å²) in [6.45, 7) is 0.797. The molecule has 0 amide bonds. The van der Waals surface area contributed by atoms with E-state index in [4.69, 9.17) is 0 Å². The van der Waals surface area contributed by atoms with Crippen molar-refractivity contribution in [1.29, 1.82) is 0 Å². The maximum atomic E-state index is 10.0. The van der Waals surface area contributed by atoms with Crippen molar-refractivity contribution in [3.8, 4) is 0 Å². The van der Waals surface area contributed by atoms with E-state index >= 15 is 0 Å². The zero-order chi connectivity index (χ0) is 17.2. The number of nitrogens with one attached hydrogen (secondary N) is 3. The van der Waals surface area contributed by atoms with Crippen molar-refractivity contribution in [2.24, 2.45) is 5.92 Å². The van der Waals surface area contributed by atoms with E-state index in [-0.39, 0.29) is 18.6 Å². The maximum absolute atomic E-state index is 10.0. The Hall–Kier alpha value is -1.94. The predicted octanol–water partition coefficient (Wildman–Crippen LogP) is 0.976. The first kappa shape index (κ1) is 16.5. The van der Waals surface area contributed by atoms with Crippen molar-refractivity contribution in [2.45, 2.75) is 31.4 Å². The van der Waals surface area contributed by atoms with Gasteiger partial charge in [-0.2, -0.15) is 0 Å². The van der Waals surface area contributed by atoms with Crippen molar-refractivity contribution >= 4 is 28.7 Å². The van der Waals surface area contributed by atoms with Gasteiger partial charge in [-0.15, -0.1) is 16.9 Å². The Bertz CT molecular complexity index is 713. The minimum absolute atomic E-state index is 0.00505. The highest BCUT2D eigenvalue weighted by Crippen LogP contribution is 2.38. The molecule has 0 radical (unpaired) electrons. The third kappa shape index (κ3) is 3.28. The van der Waals surface area contributed by atoms with Gasteiger partial charge in [0.2, 0.25) is 0 Å². The summed E-state index contributed by atoms with van der Waals surface area (Å²) >= 11 is 1.75. The van der Waals surface area contributed by atoms with Crippen LogP contribution in [-0.4, -0.2) is 45.5 Å². The smallest absolute Gasteiger partial charge is 0.174 e. The second-order valence-electron chi connectivity index (χ2n) is 6.42. The fourth-order valence-corrected chi connectivity index (χ4v) is 4.19. The number of thiophene rings is 1. The molecule has 0 aromatic carbocycles. The van der Waals surface area contributed by atoms with Gasteiger partial charge >= 0.3 is 0 Å². The summed E-state index contributed by atoms with van der Waals surface area (Å²) in [7, 11) is 0. The molecule has 3 atom stereocenters. The second-order valence-corrected chi connectivity index (χ2v) is 7.45. The molecule has 4 rings (SSSR count). The van der Waals surface area contributed by atoms with Crippen LogP contribution >= 0.6 is 11.3 Å². The van der Waals surface area contributed by atoms with E-state index in [0.717, 1.165) is 36.7 Å². The van der Waals surface area contributed by atoms with Crippen LogP contribution in [0.25, 0.3) is 0 Å². The molecule has 3 heterocycles. The highest BCUT2D eigenvalue weighted by molar-refractivity contribution is 7.09. The molecular formula is C16H22N6O2S. The molecule has 0 saturated heterocycles. The number of fused-ring (bicyclic) bond motifs is 1. The average molecular weight is 362 g/mol. The summed E-state index contributed by atoms with van der Waals surface area (Å²) in [5, 5.41) is 26.8. The molecular weight excluding hydrogens is 340 g/mol. The third-order valence-corrected chi connectivity index (χ3v) is 5.77. The van der Waals surface area contributed by atoms with E-state index in [2.05, 4.69) is 43.8 Å². The second kappa shape index (κ2) is 7.12. The van der Waals surface area contributed by atoms with Crippen molar-refractivity contribution in [1.82, 2.24) is 15.5 Å². The Balaban J connectivity index is 1.44. The van der Waals surface area contributed by atoms with Crippen LogP contribution in [0.3, 0.4) is 0 Å². The van der Waals surface area contributed by atoms with E-state index < -0.39 is 6.10 Å². The summed E-state index contributed by atoms with van der Waals surface area (Å²) in [4.78, 5) is 10.1. The molecule has 8 nitrogen and oxygen atoms in total. The molecule has 2 aromatic rings. The van der Waals surface area contributed by atoms with E-state index in [0.29, 0.717) is 6.42 Å². The Morgan fingerprint density at radius 1 is 1.36 bits per heavy atom. The number of aliphatic hydroxyl groups excluding tert-OH is 2. The molecule has 3 unspecified atom stereocenters. The molecule has 0 spiro atoms. The zero-order valence-electron chi connectivity index (χ0n) is 13.7. The first-order chi connectivity index (χ1) is 12.3. The topological polar surface area (TPSA) is 106 Å². The van der Waals surface area contributed by atoms with Crippen LogP contribution in [0, 0.1) is 5.92 Å². The SMILES string of the molecule is OCC1CC(N2NNc3c(NCCc4cccs4)ncnc32)CC1O. The number of anilines is 3. The number of aliphatic hydroxyl groups is 2. The Morgan fingerprint density at radius 2 is 2.28 bits per heavy atom. The normalized spacial score (nSPS) is 25.0. The Morgan fingerprint density at radius 3 is 3.04 bits per heavy atom. The molecule has 2 aliphatic rings. The summed E-state index contributed by atoms with van der Waals surface area (Å²) in [6.07, 6.45) is 3.33. The molecule has 1 aliphatic carbocycles. The summed E-state index contributed by atoms with van der Waals surface area (Å²) in [5.41, 5.74) is 7.07. The van der Waals surface area contributed by atoms with Crippen LogP contribution in [-0.2, 0) is 6.42 Å². The molecule has 1 fully saturated rings. The number of nitrogens with zero attached hydrogens (tertiary/aromatic N) is 3. The van der Waals surface area contributed by atoms with Crippen LogP contribution in [0.5, 0.6) is 0 Å². The molecule has 5 N–H and O–H groups in total. The quantitative estimate of drug-likeness (QED) is 0.518. The van der Waals surface area contributed by atoms with Crippen molar-refractivity contribution in [3.63, 3.8) is 0 Å². The Kier molecular flexibility index (Phi) is 4.71. The first-order valence-corrected chi connectivity index (χ1v) is 9.35. The van der Waals surface area contributed by atoms with Crippen LogP contribution in [0.4, 0.5) is 17.3 Å². The predicted molar refractivity (Wildman–Crippen MR) is 97.4 cm³/mol. The maximum Gasteiger partial charge on any atom is 0.174 e. The van der Waals surface area contributed by atoms with E-state index in [9.17, 15) is 10.2 Å². The van der Waals surface area contributed by atoms with Gasteiger partial charge in [0.15, 0.2) is 11.6 Å².